The number of hydrogen-bond acceptors (Lipinski definition) is 4. The van der Waals surface area contributed by atoms with Gasteiger partial charge >= 0.3 is 11.8 Å². The number of carbonyl (C=O) groups excluding carboxylic acids is 2. The molecule has 1 fully saturated rings. The molecule has 2 amide bonds. The smallest absolute Gasteiger partial charge is 0.313 e. The van der Waals surface area contributed by atoms with Gasteiger partial charge in [-0.15, -0.1) is 0 Å². The van der Waals surface area contributed by atoms with Crippen LogP contribution < -0.4 is 15.4 Å². The van der Waals surface area contributed by atoms with Crippen LogP contribution in [0.15, 0.2) is 18.2 Å². The van der Waals surface area contributed by atoms with Crippen LogP contribution in [0.1, 0.15) is 25.3 Å². The quantitative estimate of drug-likeness (QED) is 0.714. The summed E-state index contributed by atoms with van der Waals surface area (Å²) in [7, 11) is 1.49. The summed E-state index contributed by atoms with van der Waals surface area (Å²) in [4.78, 5) is 23.8. The van der Waals surface area contributed by atoms with E-state index in [0.717, 1.165) is 18.4 Å². The standard InChI is InChI=1S/C16H22N2O4/c1-10-4-7-13(22-3)12(8-10)18-15(20)14(19)17-9-16(2,21)11-5-6-11/h4,7-8,11,21H,5-6,9H2,1-3H3,(H,17,19)(H,18,20). The third-order valence-electron chi connectivity index (χ3n) is 3.87. The number of benzene rings is 1. The number of anilines is 1. The van der Waals surface area contributed by atoms with Crippen molar-refractivity contribution in [3.8, 4) is 5.75 Å². The van der Waals surface area contributed by atoms with Crippen LogP contribution in [-0.4, -0.2) is 36.2 Å². The number of ether oxygens (including phenoxy) is 1. The first kappa shape index (κ1) is 16.3. The van der Waals surface area contributed by atoms with Gasteiger partial charge in [-0.2, -0.15) is 0 Å². The summed E-state index contributed by atoms with van der Waals surface area (Å²) in [5, 5.41) is 15.1. The maximum absolute atomic E-state index is 11.9. The van der Waals surface area contributed by atoms with E-state index in [1.807, 2.05) is 13.0 Å². The Morgan fingerprint density at radius 1 is 1.36 bits per heavy atom. The largest absolute Gasteiger partial charge is 0.495 e. The van der Waals surface area contributed by atoms with E-state index in [0.29, 0.717) is 11.4 Å². The van der Waals surface area contributed by atoms with E-state index in [1.54, 1.807) is 19.1 Å². The minimum Gasteiger partial charge on any atom is -0.495 e. The maximum Gasteiger partial charge on any atom is 0.313 e. The van der Waals surface area contributed by atoms with E-state index < -0.39 is 17.4 Å². The Morgan fingerprint density at radius 3 is 2.64 bits per heavy atom. The number of methoxy groups -OCH3 is 1. The summed E-state index contributed by atoms with van der Waals surface area (Å²) in [5.41, 5.74) is 0.418. The normalized spacial score (nSPS) is 16.5. The molecule has 0 heterocycles. The maximum atomic E-state index is 11.9. The lowest BCUT2D eigenvalue weighted by molar-refractivity contribution is -0.136. The minimum absolute atomic E-state index is 0.0644. The molecule has 120 valence electrons. The summed E-state index contributed by atoms with van der Waals surface area (Å²) >= 11 is 0. The molecule has 6 nitrogen and oxygen atoms in total. The number of aliphatic hydroxyl groups is 1. The number of hydrogen-bond donors (Lipinski definition) is 3. The summed E-state index contributed by atoms with van der Waals surface area (Å²) in [6, 6.07) is 5.30. The van der Waals surface area contributed by atoms with Crippen LogP contribution in [-0.2, 0) is 9.59 Å². The molecule has 0 aliphatic heterocycles. The Kier molecular flexibility index (Phi) is 4.71. The first-order valence-electron chi connectivity index (χ1n) is 7.29. The first-order chi connectivity index (χ1) is 10.3. The predicted octanol–water partition coefficient (Wildman–Crippen LogP) is 1.22. The van der Waals surface area contributed by atoms with Crippen LogP contribution >= 0.6 is 0 Å². The molecule has 0 aromatic heterocycles. The monoisotopic (exact) mass is 306 g/mol. The first-order valence-corrected chi connectivity index (χ1v) is 7.29. The minimum atomic E-state index is -0.961. The highest BCUT2D eigenvalue weighted by Crippen LogP contribution is 2.39. The lowest BCUT2D eigenvalue weighted by Gasteiger charge is -2.23. The van der Waals surface area contributed by atoms with Gasteiger partial charge in [0.2, 0.25) is 0 Å². The van der Waals surface area contributed by atoms with Crippen molar-refractivity contribution in [2.75, 3.05) is 19.0 Å². The summed E-state index contributed by atoms with van der Waals surface area (Å²) in [5.74, 6) is -0.871. The van der Waals surface area contributed by atoms with Gasteiger partial charge in [-0.3, -0.25) is 9.59 Å². The van der Waals surface area contributed by atoms with E-state index in [2.05, 4.69) is 10.6 Å². The number of amides is 2. The fourth-order valence-electron chi connectivity index (χ4n) is 2.29. The molecule has 0 radical (unpaired) electrons. The highest BCUT2D eigenvalue weighted by Gasteiger charge is 2.40. The highest BCUT2D eigenvalue weighted by molar-refractivity contribution is 6.39. The zero-order valence-corrected chi connectivity index (χ0v) is 13.1. The van der Waals surface area contributed by atoms with E-state index >= 15 is 0 Å². The van der Waals surface area contributed by atoms with E-state index in [4.69, 9.17) is 4.74 Å². The lowest BCUT2D eigenvalue weighted by Crippen LogP contribution is -2.45. The Labute approximate surface area is 129 Å². The molecule has 0 spiro atoms. The van der Waals surface area contributed by atoms with Crippen LogP contribution in [0, 0.1) is 12.8 Å². The Morgan fingerprint density at radius 2 is 2.05 bits per heavy atom. The Hall–Kier alpha value is -2.08. The number of nitrogens with one attached hydrogen (secondary N) is 2. The van der Waals surface area contributed by atoms with Crippen molar-refractivity contribution in [3.05, 3.63) is 23.8 Å². The van der Waals surface area contributed by atoms with Gasteiger partial charge in [-0.25, -0.2) is 0 Å². The lowest BCUT2D eigenvalue weighted by atomic mass is 10.0. The van der Waals surface area contributed by atoms with Gasteiger partial charge in [0.25, 0.3) is 0 Å². The SMILES string of the molecule is COc1ccc(C)cc1NC(=O)C(=O)NCC(C)(O)C1CC1. The topological polar surface area (TPSA) is 87.7 Å². The average molecular weight is 306 g/mol. The molecule has 1 saturated carbocycles. The molecular weight excluding hydrogens is 284 g/mol. The highest BCUT2D eigenvalue weighted by atomic mass is 16.5. The molecule has 22 heavy (non-hydrogen) atoms. The van der Waals surface area contributed by atoms with Crippen molar-refractivity contribution < 1.29 is 19.4 Å². The molecule has 0 saturated heterocycles. The molecule has 3 N–H and O–H groups in total. The van der Waals surface area contributed by atoms with Gasteiger partial charge in [-0.1, -0.05) is 6.07 Å². The average Bonchev–Trinajstić information content (AvgIpc) is 3.30. The molecule has 1 aliphatic carbocycles. The number of carbonyl (C=O) groups is 2. The molecule has 1 atom stereocenters. The van der Waals surface area contributed by atoms with Gasteiger partial charge < -0.3 is 20.5 Å². The van der Waals surface area contributed by atoms with Gasteiger partial charge in [0.15, 0.2) is 0 Å². The second kappa shape index (κ2) is 6.36. The Bertz CT molecular complexity index is 580. The van der Waals surface area contributed by atoms with Gasteiger partial charge in [0, 0.05) is 6.54 Å². The molecular formula is C16H22N2O4. The zero-order valence-electron chi connectivity index (χ0n) is 13.1. The van der Waals surface area contributed by atoms with Crippen molar-refractivity contribution >= 4 is 17.5 Å². The van der Waals surface area contributed by atoms with Gasteiger partial charge in [0.1, 0.15) is 5.75 Å². The molecule has 1 aliphatic rings. The Balaban J connectivity index is 1.94. The molecule has 0 bridgehead atoms. The second-order valence-corrected chi connectivity index (χ2v) is 5.97. The number of rotatable bonds is 5. The van der Waals surface area contributed by atoms with Gasteiger partial charge in [0.05, 0.1) is 18.4 Å². The number of aryl methyl sites for hydroxylation is 1. The fourth-order valence-corrected chi connectivity index (χ4v) is 2.29. The molecule has 1 unspecified atom stereocenters. The van der Waals surface area contributed by atoms with Gasteiger partial charge in [-0.05, 0) is 50.3 Å². The summed E-state index contributed by atoms with van der Waals surface area (Å²) in [6.07, 6.45) is 1.91. The molecule has 1 aromatic rings. The van der Waals surface area contributed by atoms with Crippen LogP contribution in [0.25, 0.3) is 0 Å². The molecule has 6 heteroatoms. The van der Waals surface area contributed by atoms with Crippen molar-refractivity contribution in [2.24, 2.45) is 5.92 Å². The second-order valence-electron chi connectivity index (χ2n) is 5.97. The van der Waals surface area contributed by atoms with E-state index in [1.165, 1.54) is 7.11 Å². The zero-order chi connectivity index (χ0) is 16.3. The third kappa shape index (κ3) is 3.98. The summed E-state index contributed by atoms with van der Waals surface area (Å²) < 4.78 is 5.15. The fraction of sp³-hybridized carbons (Fsp3) is 0.500. The molecule has 1 aromatic carbocycles. The summed E-state index contributed by atoms with van der Waals surface area (Å²) in [6.45, 7) is 3.61. The van der Waals surface area contributed by atoms with Crippen LogP contribution in [0.4, 0.5) is 5.69 Å². The van der Waals surface area contributed by atoms with E-state index in [-0.39, 0.29) is 12.5 Å². The van der Waals surface area contributed by atoms with Crippen molar-refractivity contribution in [1.82, 2.24) is 5.32 Å². The van der Waals surface area contributed by atoms with Crippen molar-refractivity contribution in [2.45, 2.75) is 32.3 Å². The van der Waals surface area contributed by atoms with Crippen molar-refractivity contribution in [3.63, 3.8) is 0 Å². The van der Waals surface area contributed by atoms with Crippen LogP contribution in [0.5, 0.6) is 5.75 Å². The predicted molar refractivity (Wildman–Crippen MR) is 82.7 cm³/mol. The third-order valence-corrected chi connectivity index (χ3v) is 3.87. The van der Waals surface area contributed by atoms with Crippen molar-refractivity contribution in [1.29, 1.82) is 0 Å². The van der Waals surface area contributed by atoms with Crippen LogP contribution in [0.2, 0.25) is 0 Å². The van der Waals surface area contributed by atoms with Crippen LogP contribution in [0.3, 0.4) is 0 Å². The molecule has 2 rings (SSSR count). The van der Waals surface area contributed by atoms with E-state index in [9.17, 15) is 14.7 Å².